The first kappa shape index (κ1) is 14.7. The van der Waals surface area contributed by atoms with Crippen LogP contribution >= 0.6 is 0 Å². The van der Waals surface area contributed by atoms with Gasteiger partial charge in [-0.3, -0.25) is 4.79 Å². The van der Waals surface area contributed by atoms with E-state index in [1.807, 2.05) is 0 Å². The van der Waals surface area contributed by atoms with E-state index in [1.54, 1.807) is 25.3 Å². The van der Waals surface area contributed by atoms with Crippen molar-refractivity contribution in [2.24, 2.45) is 5.92 Å². The lowest BCUT2D eigenvalue weighted by Gasteiger charge is -2.22. The maximum absolute atomic E-state index is 10.7. The van der Waals surface area contributed by atoms with E-state index in [4.69, 9.17) is 14.6 Å². The van der Waals surface area contributed by atoms with Crippen LogP contribution in [0.25, 0.3) is 0 Å². The Morgan fingerprint density at radius 1 is 1.25 bits per heavy atom. The Hall–Kier alpha value is -1.71. The SMILES string of the molecule is COc1cc(CC(=O)O)ccc1OCC1CCCCC1. The summed E-state index contributed by atoms with van der Waals surface area (Å²) in [6.07, 6.45) is 6.40. The summed E-state index contributed by atoms with van der Waals surface area (Å²) in [5.41, 5.74) is 0.722. The molecule has 1 fully saturated rings. The first-order valence-corrected chi connectivity index (χ1v) is 7.20. The zero-order chi connectivity index (χ0) is 14.4. The molecule has 20 heavy (non-hydrogen) atoms. The number of benzene rings is 1. The van der Waals surface area contributed by atoms with Gasteiger partial charge in [0.2, 0.25) is 0 Å². The minimum atomic E-state index is -0.845. The van der Waals surface area contributed by atoms with E-state index in [0.29, 0.717) is 24.0 Å². The van der Waals surface area contributed by atoms with Gasteiger partial charge < -0.3 is 14.6 Å². The van der Waals surface area contributed by atoms with Crippen molar-refractivity contribution in [3.63, 3.8) is 0 Å². The molecule has 1 aliphatic rings. The van der Waals surface area contributed by atoms with Gasteiger partial charge in [-0.25, -0.2) is 0 Å². The van der Waals surface area contributed by atoms with Crippen molar-refractivity contribution < 1.29 is 19.4 Å². The van der Waals surface area contributed by atoms with Crippen molar-refractivity contribution in [2.45, 2.75) is 38.5 Å². The molecule has 0 atom stereocenters. The Labute approximate surface area is 119 Å². The first-order chi connectivity index (χ1) is 9.69. The van der Waals surface area contributed by atoms with Crippen LogP contribution in [0.15, 0.2) is 18.2 Å². The molecule has 0 spiro atoms. The second-order valence-corrected chi connectivity index (χ2v) is 5.37. The highest BCUT2D eigenvalue weighted by molar-refractivity contribution is 5.70. The molecule has 0 unspecified atom stereocenters. The molecular formula is C16H22O4. The molecule has 1 saturated carbocycles. The number of carboxylic acids is 1. The lowest BCUT2D eigenvalue weighted by molar-refractivity contribution is -0.136. The highest BCUT2D eigenvalue weighted by Gasteiger charge is 2.15. The number of methoxy groups -OCH3 is 1. The lowest BCUT2D eigenvalue weighted by atomic mass is 9.90. The molecular weight excluding hydrogens is 256 g/mol. The standard InChI is InChI=1S/C16H22O4/c1-19-15-9-13(10-16(17)18)7-8-14(15)20-11-12-5-3-2-4-6-12/h7-9,12H,2-6,10-11H2,1H3,(H,17,18). The number of carbonyl (C=O) groups is 1. The van der Waals surface area contributed by atoms with Crippen molar-refractivity contribution in [2.75, 3.05) is 13.7 Å². The van der Waals surface area contributed by atoms with Crippen LogP contribution in [0.5, 0.6) is 11.5 Å². The number of hydrogen-bond donors (Lipinski definition) is 1. The van der Waals surface area contributed by atoms with Crippen LogP contribution in [0.1, 0.15) is 37.7 Å². The van der Waals surface area contributed by atoms with E-state index >= 15 is 0 Å². The molecule has 1 N–H and O–H groups in total. The summed E-state index contributed by atoms with van der Waals surface area (Å²) in [5, 5.41) is 8.80. The first-order valence-electron chi connectivity index (χ1n) is 7.20. The van der Waals surface area contributed by atoms with Crippen molar-refractivity contribution in [1.82, 2.24) is 0 Å². The molecule has 110 valence electrons. The Balaban J connectivity index is 1.97. The van der Waals surface area contributed by atoms with E-state index in [9.17, 15) is 4.79 Å². The molecule has 0 radical (unpaired) electrons. The number of aliphatic carboxylic acids is 1. The molecule has 1 aromatic rings. The van der Waals surface area contributed by atoms with Gasteiger partial charge in [-0.1, -0.05) is 25.3 Å². The van der Waals surface area contributed by atoms with Gasteiger partial charge in [-0.2, -0.15) is 0 Å². The molecule has 4 nitrogen and oxygen atoms in total. The quantitative estimate of drug-likeness (QED) is 0.867. The Bertz CT molecular complexity index is 450. The molecule has 0 aromatic heterocycles. The number of ether oxygens (including phenoxy) is 2. The summed E-state index contributed by atoms with van der Waals surface area (Å²) in [4.78, 5) is 10.7. The normalized spacial score (nSPS) is 15.8. The second kappa shape index (κ2) is 7.17. The van der Waals surface area contributed by atoms with Crippen LogP contribution in [-0.2, 0) is 11.2 Å². The Morgan fingerprint density at radius 3 is 2.65 bits per heavy atom. The molecule has 0 heterocycles. The van der Waals surface area contributed by atoms with Gasteiger partial charge in [0.25, 0.3) is 0 Å². The molecule has 4 heteroatoms. The van der Waals surface area contributed by atoms with Crippen LogP contribution in [-0.4, -0.2) is 24.8 Å². The van der Waals surface area contributed by atoms with Gasteiger partial charge >= 0.3 is 5.97 Å². The van der Waals surface area contributed by atoms with Crippen LogP contribution in [0.4, 0.5) is 0 Å². The zero-order valence-electron chi connectivity index (χ0n) is 11.9. The van der Waals surface area contributed by atoms with Gasteiger partial charge in [0.1, 0.15) is 0 Å². The third-order valence-electron chi connectivity index (χ3n) is 3.78. The molecule has 1 aliphatic carbocycles. The highest BCUT2D eigenvalue weighted by atomic mass is 16.5. The number of carboxylic acid groups (broad SMARTS) is 1. The summed E-state index contributed by atoms with van der Waals surface area (Å²) < 4.78 is 11.1. The van der Waals surface area contributed by atoms with Crippen molar-refractivity contribution in [3.05, 3.63) is 23.8 Å². The molecule has 0 aliphatic heterocycles. The molecule has 2 rings (SSSR count). The fourth-order valence-electron chi connectivity index (χ4n) is 2.68. The lowest BCUT2D eigenvalue weighted by Crippen LogP contribution is -2.15. The van der Waals surface area contributed by atoms with Crippen LogP contribution < -0.4 is 9.47 Å². The molecule has 1 aromatic carbocycles. The summed E-state index contributed by atoms with van der Waals surface area (Å²) >= 11 is 0. The largest absolute Gasteiger partial charge is 0.493 e. The topological polar surface area (TPSA) is 55.8 Å². The van der Waals surface area contributed by atoms with Crippen molar-refractivity contribution >= 4 is 5.97 Å². The minimum Gasteiger partial charge on any atom is -0.493 e. The van der Waals surface area contributed by atoms with Crippen LogP contribution in [0.2, 0.25) is 0 Å². The van der Waals surface area contributed by atoms with E-state index < -0.39 is 5.97 Å². The second-order valence-electron chi connectivity index (χ2n) is 5.37. The molecule has 0 bridgehead atoms. The summed E-state index contributed by atoms with van der Waals surface area (Å²) in [7, 11) is 1.58. The average Bonchev–Trinajstić information content (AvgIpc) is 2.46. The van der Waals surface area contributed by atoms with E-state index in [2.05, 4.69) is 0 Å². The summed E-state index contributed by atoms with van der Waals surface area (Å²) in [5.74, 6) is 1.10. The Kier molecular flexibility index (Phi) is 5.27. The summed E-state index contributed by atoms with van der Waals surface area (Å²) in [6, 6.07) is 5.33. The fourth-order valence-corrected chi connectivity index (χ4v) is 2.68. The maximum Gasteiger partial charge on any atom is 0.307 e. The predicted octanol–water partition coefficient (Wildman–Crippen LogP) is 3.28. The van der Waals surface area contributed by atoms with Gasteiger partial charge in [0, 0.05) is 0 Å². The average molecular weight is 278 g/mol. The summed E-state index contributed by atoms with van der Waals surface area (Å²) in [6.45, 7) is 0.717. The minimum absolute atomic E-state index is 0.000729. The third-order valence-corrected chi connectivity index (χ3v) is 3.78. The van der Waals surface area contributed by atoms with E-state index in [1.165, 1.54) is 32.1 Å². The van der Waals surface area contributed by atoms with E-state index in [0.717, 1.165) is 5.56 Å². The van der Waals surface area contributed by atoms with Crippen molar-refractivity contribution in [1.29, 1.82) is 0 Å². The Morgan fingerprint density at radius 2 is 2.00 bits per heavy atom. The maximum atomic E-state index is 10.7. The van der Waals surface area contributed by atoms with Gasteiger partial charge in [0.15, 0.2) is 11.5 Å². The fraction of sp³-hybridized carbons (Fsp3) is 0.562. The van der Waals surface area contributed by atoms with Gasteiger partial charge in [-0.15, -0.1) is 0 Å². The third kappa shape index (κ3) is 4.15. The number of rotatable bonds is 6. The zero-order valence-corrected chi connectivity index (χ0v) is 11.9. The van der Waals surface area contributed by atoms with Gasteiger partial charge in [-0.05, 0) is 36.5 Å². The molecule has 0 amide bonds. The van der Waals surface area contributed by atoms with Crippen LogP contribution in [0, 0.1) is 5.92 Å². The van der Waals surface area contributed by atoms with Crippen LogP contribution in [0.3, 0.4) is 0 Å². The number of hydrogen-bond acceptors (Lipinski definition) is 3. The van der Waals surface area contributed by atoms with Gasteiger partial charge in [0.05, 0.1) is 20.1 Å². The smallest absolute Gasteiger partial charge is 0.307 e. The highest BCUT2D eigenvalue weighted by Crippen LogP contribution is 2.30. The molecule has 0 saturated heterocycles. The monoisotopic (exact) mass is 278 g/mol. The van der Waals surface area contributed by atoms with E-state index in [-0.39, 0.29) is 6.42 Å². The predicted molar refractivity (Wildman–Crippen MR) is 76.4 cm³/mol. The van der Waals surface area contributed by atoms with Crippen molar-refractivity contribution in [3.8, 4) is 11.5 Å².